The van der Waals surface area contributed by atoms with Gasteiger partial charge in [0.1, 0.15) is 5.82 Å². The summed E-state index contributed by atoms with van der Waals surface area (Å²) in [4.78, 5) is 5.77. The summed E-state index contributed by atoms with van der Waals surface area (Å²) in [6.45, 7) is 0. The van der Waals surface area contributed by atoms with E-state index in [9.17, 15) is 0 Å². The molecule has 0 spiro atoms. The Labute approximate surface area is 131 Å². The number of fused-ring (bicyclic) bond motifs is 1. The largest absolute Gasteiger partial charge is 0.362 e. The molecular formula is C13H14Cl2N4S. The smallest absolute Gasteiger partial charge is 0.161 e. The number of rotatable bonds is 3. The standard InChI is InChI=1S/C13H14Cl2N4S/c14-8-6-9(15)13(19-16)18-12(8)17-10-2-1-3-11-7(10)4-5-20-11/h4-6,10H,1-3,16H2,(H2,17,18,19). The van der Waals surface area contributed by atoms with E-state index in [2.05, 4.69) is 27.2 Å². The van der Waals surface area contributed by atoms with E-state index in [0.717, 1.165) is 12.8 Å². The molecule has 1 aliphatic rings. The highest BCUT2D eigenvalue weighted by Crippen LogP contribution is 2.37. The van der Waals surface area contributed by atoms with Gasteiger partial charge in [-0.1, -0.05) is 23.2 Å². The molecule has 2 aromatic rings. The zero-order valence-electron chi connectivity index (χ0n) is 10.6. The Balaban J connectivity index is 1.89. The van der Waals surface area contributed by atoms with Crippen LogP contribution in [-0.4, -0.2) is 4.98 Å². The average Bonchev–Trinajstić information content (AvgIpc) is 2.91. The van der Waals surface area contributed by atoms with Crippen LogP contribution in [0.3, 0.4) is 0 Å². The molecule has 4 nitrogen and oxygen atoms in total. The number of nitrogens with one attached hydrogen (secondary N) is 2. The summed E-state index contributed by atoms with van der Waals surface area (Å²) < 4.78 is 0. The van der Waals surface area contributed by atoms with Crippen molar-refractivity contribution in [3.8, 4) is 0 Å². The zero-order valence-corrected chi connectivity index (χ0v) is 12.9. The third kappa shape index (κ3) is 2.59. The fourth-order valence-corrected chi connectivity index (χ4v) is 3.93. The Morgan fingerprint density at radius 2 is 2.10 bits per heavy atom. The first-order valence-corrected chi connectivity index (χ1v) is 7.98. The van der Waals surface area contributed by atoms with Gasteiger partial charge in [-0.3, -0.25) is 0 Å². The number of hydrogen-bond donors (Lipinski definition) is 3. The molecule has 2 heterocycles. The van der Waals surface area contributed by atoms with Gasteiger partial charge in [-0.15, -0.1) is 11.3 Å². The van der Waals surface area contributed by atoms with Crippen molar-refractivity contribution in [2.45, 2.75) is 25.3 Å². The molecule has 0 saturated heterocycles. The molecule has 4 N–H and O–H groups in total. The quantitative estimate of drug-likeness (QED) is 0.583. The zero-order chi connectivity index (χ0) is 14.1. The fourth-order valence-electron chi connectivity index (χ4n) is 2.47. The minimum Gasteiger partial charge on any atom is -0.362 e. The third-order valence-electron chi connectivity index (χ3n) is 3.43. The van der Waals surface area contributed by atoms with Gasteiger partial charge in [-0.2, -0.15) is 0 Å². The maximum atomic E-state index is 6.20. The number of halogens is 2. The van der Waals surface area contributed by atoms with E-state index >= 15 is 0 Å². The van der Waals surface area contributed by atoms with Crippen LogP contribution in [0, 0.1) is 0 Å². The number of anilines is 2. The summed E-state index contributed by atoms with van der Waals surface area (Å²) in [5.41, 5.74) is 3.82. The van der Waals surface area contributed by atoms with Crippen LogP contribution < -0.4 is 16.6 Å². The molecule has 0 bridgehead atoms. The second-order valence-electron chi connectivity index (χ2n) is 4.68. The molecule has 0 fully saturated rings. The van der Waals surface area contributed by atoms with Crippen molar-refractivity contribution in [2.75, 3.05) is 10.7 Å². The number of aryl methyl sites for hydroxylation is 1. The predicted molar refractivity (Wildman–Crippen MR) is 85.7 cm³/mol. The number of aromatic nitrogens is 1. The number of nitrogen functional groups attached to an aromatic ring is 1. The topological polar surface area (TPSA) is 63.0 Å². The van der Waals surface area contributed by atoms with Crippen LogP contribution in [0.2, 0.25) is 10.0 Å². The monoisotopic (exact) mass is 328 g/mol. The van der Waals surface area contributed by atoms with Gasteiger partial charge < -0.3 is 10.7 Å². The number of thiophene rings is 1. The number of nitrogens with zero attached hydrogens (tertiary/aromatic N) is 1. The molecule has 106 valence electrons. The van der Waals surface area contributed by atoms with Gasteiger partial charge in [0.15, 0.2) is 5.82 Å². The number of hydrogen-bond acceptors (Lipinski definition) is 5. The second kappa shape index (κ2) is 5.77. The molecule has 0 radical (unpaired) electrons. The summed E-state index contributed by atoms with van der Waals surface area (Å²) >= 11 is 14.0. The van der Waals surface area contributed by atoms with Gasteiger partial charge >= 0.3 is 0 Å². The summed E-state index contributed by atoms with van der Waals surface area (Å²) in [7, 11) is 0. The van der Waals surface area contributed by atoms with Gasteiger partial charge in [0, 0.05) is 4.88 Å². The third-order valence-corrected chi connectivity index (χ3v) is 5.00. The highest BCUT2D eigenvalue weighted by molar-refractivity contribution is 7.10. The number of nitrogens with two attached hydrogens (primary N) is 1. The van der Waals surface area contributed by atoms with Gasteiger partial charge in [-0.05, 0) is 42.3 Å². The lowest BCUT2D eigenvalue weighted by Crippen LogP contribution is -2.17. The molecule has 20 heavy (non-hydrogen) atoms. The number of hydrazine groups is 1. The van der Waals surface area contributed by atoms with Crippen molar-refractivity contribution >= 4 is 46.2 Å². The molecule has 1 atom stereocenters. The maximum absolute atomic E-state index is 6.20. The van der Waals surface area contributed by atoms with Gasteiger partial charge in [0.05, 0.1) is 16.1 Å². The minimum atomic E-state index is 0.238. The molecule has 3 rings (SSSR count). The van der Waals surface area contributed by atoms with Crippen molar-refractivity contribution in [3.63, 3.8) is 0 Å². The Morgan fingerprint density at radius 1 is 1.30 bits per heavy atom. The lowest BCUT2D eigenvalue weighted by atomic mass is 9.94. The van der Waals surface area contributed by atoms with Crippen molar-refractivity contribution in [2.24, 2.45) is 5.84 Å². The SMILES string of the molecule is NNc1nc(NC2CCCc3sccc32)c(Cl)cc1Cl. The predicted octanol–water partition coefficient (Wildman–Crippen LogP) is 4.23. The highest BCUT2D eigenvalue weighted by atomic mass is 35.5. The molecule has 1 aliphatic carbocycles. The molecule has 0 amide bonds. The van der Waals surface area contributed by atoms with Crippen LogP contribution in [-0.2, 0) is 6.42 Å². The first-order chi connectivity index (χ1) is 9.69. The van der Waals surface area contributed by atoms with Crippen molar-refractivity contribution in [1.29, 1.82) is 0 Å². The summed E-state index contributed by atoms with van der Waals surface area (Å²) in [6.07, 6.45) is 3.39. The van der Waals surface area contributed by atoms with Crippen molar-refractivity contribution in [1.82, 2.24) is 4.98 Å². The molecule has 0 aliphatic heterocycles. The summed E-state index contributed by atoms with van der Waals surface area (Å²) in [6, 6.07) is 4.05. The number of pyridine rings is 1. The van der Waals surface area contributed by atoms with Crippen LogP contribution in [0.4, 0.5) is 11.6 Å². The van der Waals surface area contributed by atoms with Crippen LogP contribution in [0.15, 0.2) is 17.5 Å². The van der Waals surface area contributed by atoms with E-state index in [1.165, 1.54) is 16.9 Å². The molecular weight excluding hydrogens is 315 g/mol. The summed E-state index contributed by atoms with van der Waals surface area (Å²) in [5.74, 6) is 6.42. The van der Waals surface area contributed by atoms with E-state index in [1.54, 1.807) is 6.07 Å². The van der Waals surface area contributed by atoms with E-state index in [1.807, 2.05) is 11.3 Å². The van der Waals surface area contributed by atoms with Crippen LogP contribution >= 0.6 is 34.5 Å². The van der Waals surface area contributed by atoms with Crippen molar-refractivity contribution < 1.29 is 0 Å². The lowest BCUT2D eigenvalue weighted by molar-refractivity contribution is 0.607. The highest BCUT2D eigenvalue weighted by Gasteiger charge is 2.22. The van der Waals surface area contributed by atoms with E-state index in [-0.39, 0.29) is 6.04 Å². The molecule has 1 unspecified atom stereocenters. The van der Waals surface area contributed by atoms with E-state index < -0.39 is 0 Å². The average molecular weight is 329 g/mol. The second-order valence-corrected chi connectivity index (χ2v) is 6.50. The van der Waals surface area contributed by atoms with Crippen LogP contribution in [0.1, 0.15) is 29.3 Å². The Kier molecular flexibility index (Phi) is 4.03. The van der Waals surface area contributed by atoms with Gasteiger partial charge in [0.25, 0.3) is 0 Å². The summed E-state index contributed by atoms with van der Waals surface area (Å²) in [5, 5.41) is 6.44. The van der Waals surface area contributed by atoms with E-state index in [0.29, 0.717) is 21.7 Å². The van der Waals surface area contributed by atoms with Gasteiger partial charge in [0.2, 0.25) is 0 Å². The Hall–Kier alpha value is -1.01. The minimum absolute atomic E-state index is 0.238. The normalized spacial score (nSPS) is 17.6. The fraction of sp³-hybridized carbons (Fsp3) is 0.308. The molecule has 7 heteroatoms. The van der Waals surface area contributed by atoms with E-state index in [4.69, 9.17) is 29.0 Å². The maximum Gasteiger partial charge on any atom is 0.161 e. The lowest BCUT2D eigenvalue weighted by Gasteiger charge is -2.25. The molecule has 0 aromatic carbocycles. The first-order valence-electron chi connectivity index (χ1n) is 6.34. The van der Waals surface area contributed by atoms with Crippen LogP contribution in [0.5, 0.6) is 0 Å². The molecule has 0 saturated carbocycles. The van der Waals surface area contributed by atoms with Crippen LogP contribution in [0.25, 0.3) is 0 Å². The Morgan fingerprint density at radius 3 is 2.90 bits per heavy atom. The van der Waals surface area contributed by atoms with Crippen molar-refractivity contribution in [3.05, 3.63) is 38.0 Å². The Bertz CT molecular complexity index is 629. The molecule has 2 aromatic heterocycles. The first kappa shape index (κ1) is 13.9. The van der Waals surface area contributed by atoms with Gasteiger partial charge in [-0.25, -0.2) is 10.8 Å².